The van der Waals surface area contributed by atoms with Crippen LogP contribution in [0.4, 0.5) is 0 Å². The van der Waals surface area contributed by atoms with Crippen LogP contribution in [0, 0.1) is 17.2 Å². The lowest BCUT2D eigenvalue weighted by Crippen LogP contribution is -2.31. The van der Waals surface area contributed by atoms with E-state index >= 15 is 0 Å². The summed E-state index contributed by atoms with van der Waals surface area (Å²) in [6.45, 7) is 0.648. The quantitative estimate of drug-likeness (QED) is 0.859. The van der Waals surface area contributed by atoms with E-state index in [4.69, 9.17) is 21.3 Å². The third kappa shape index (κ3) is 2.53. The van der Waals surface area contributed by atoms with Crippen molar-refractivity contribution in [1.29, 1.82) is 5.26 Å². The summed E-state index contributed by atoms with van der Waals surface area (Å²) in [6.07, 6.45) is 3.22. The van der Waals surface area contributed by atoms with E-state index in [1.54, 1.807) is 6.07 Å². The smallest absolute Gasteiger partial charge is 0.193 e. The minimum atomic E-state index is 0.149. The summed E-state index contributed by atoms with van der Waals surface area (Å²) in [5.41, 5.74) is 0. The first kappa shape index (κ1) is 10.5. The third-order valence-electron chi connectivity index (χ3n) is 2.85. The van der Waals surface area contributed by atoms with E-state index in [9.17, 15) is 0 Å². The van der Waals surface area contributed by atoms with Gasteiger partial charge in [-0.05, 0) is 36.6 Å². The first-order valence-corrected chi connectivity index (χ1v) is 5.54. The zero-order chi connectivity index (χ0) is 10.7. The van der Waals surface area contributed by atoms with Crippen molar-refractivity contribution in [3.63, 3.8) is 0 Å². The molecule has 3 nitrogen and oxygen atoms in total. The summed E-state index contributed by atoms with van der Waals surface area (Å²) in [7, 11) is 0. The van der Waals surface area contributed by atoms with E-state index in [0.717, 1.165) is 25.0 Å². The molecule has 0 bridgehead atoms. The summed E-state index contributed by atoms with van der Waals surface area (Å²) in [5.74, 6) is 0.971. The summed E-state index contributed by atoms with van der Waals surface area (Å²) in [4.78, 5) is 0. The average molecular weight is 225 g/mol. The van der Waals surface area contributed by atoms with Gasteiger partial charge in [0, 0.05) is 6.04 Å². The summed E-state index contributed by atoms with van der Waals surface area (Å²) < 4.78 is 5.23. The Balaban J connectivity index is 1.85. The lowest BCUT2D eigenvalue weighted by molar-refractivity contribution is 0.419. The molecular weight excluding hydrogens is 212 g/mol. The first-order chi connectivity index (χ1) is 7.29. The zero-order valence-corrected chi connectivity index (χ0v) is 9.13. The van der Waals surface area contributed by atoms with Gasteiger partial charge in [0.05, 0.1) is 18.5 Å². The fourth-order valence-corrected chi connectivity index (χ4v) is 2.20. The molecule has 1 saturated carbocycles. The van der Waals surface area contributed by atoms with Gasteiger partial charge in [0.2, 0.25) is 0 Å². The number of rotatable bonds is 3. The van der Waals surface area contributed by atoms with Crippen LogP contribution in [-0.4, -0.2) is 6.04 Å². The molecule has 1 fully saturated rings. The van der Waals surface area contributed by atoms with Crippen LogP contribution in [0.15, 0.2) is 16.5 Å². The van der Waals surface area contributed by atoms with Gasteiger partial charge >= 0.3 is 0 Å². The van der Waals surface area contributed by atoms with Gasteiger partial charge in [-0.1, -0.05) is 6.42 Å². The molecule has 1 aliphatic carbocycles. The summed E-state index contributed by atoms with van der Waals surface area (Å²) >= 11 is 5.66. The maximum Gasteiger partial charge on any atom is 0.193 e. The molecular formula is C11H13ClN2O. The van der Waals surface area contributed by atoms with Crippen molar-refractivity contribution >= 4 is 11.6 Å². The van der Waals surface area contributed by atoms with Gasteiger partial charge < -0.3 is 9.73 Å². The largest absolute Gasteiger partial charge is 0.448 e. The highest BCUT2D eigenvalue weighted by Gasteiger charge is 2.26. The van der Waals surface area contributed by atoms with Crippen molar-refractivity contribution in [2.75, 3.05) is 0 Å². The highest BCUT2D eigenvalue weighted by Crippen LogP contribution is 2.25. The monoisotopic (exact) mass is 224 g/mol. The van der Waals surface area contributed by atoms with Crippen molar-refractivity contribution in [3.8, 4) is 6.07 Å². The normalized spacial score (nSPS) is 25.3. The number of hydrogen-bond donors (Lipinski definition) is 1. The van der Waals surface area contributed by atoms with E-state index in [1.165, 1.54) is 0 Å². The topological polar surface area (TPSA) is 49.0 Å². The zero-order valence-electron chi connectivity index (χ0n) is 8.37. The molecule has 1 aromatic rings. The number of furan rings is 1. The molecule has 1 heterocycles. The Morgan fingerprint density at radius 1 is 1.53 bits per heavy atom. The SMILES string of the molecule is N#CC1CCCC1NCc1ccc(Cl)o1. The van der Waals surface area contributed by atoms with Crippen molar-refractivity contribution in [1.82, 2.24) is 5.32 Å². The Morgan fingerprint density at radius 3 is 3.07 bits per heavy atom. The molecule has 15 heavy (non-hydrogen) atoms. The maximum atomic E-state index is 8.90. The molecule has 2 atom stereocenters. The number of nitrogens with one attached hydrogen (secondary N) is 1. The molecule has 0 aromatic carbocycles. The standard InChI is InChI=1S/C11H13ClN2O/c12-11-5-4-9(15-11)7-14-10-3-1-2-8(10)6-13/h4-5,8,10,14H,1-3,7H2. The van der Waals surface area contributed by atoms with Gasteiger partial charge in [-0.25, -0.2) is 0 Å². The van der Waals surface area contributed by atoms with Crippen LogP contribution < -0.4 is 5.32 Å². The van der Waals surface area contributed by atoms with E-state index in [-0.39, 0.29) is 5.92 Å². The van der Waals surface area contributed by atoms with Crippen molar-refractivity contribution < 1.29 is 4.42 Å². The van der Waals surface area contributed by atoms with Crippen LogP contribution in [0.2, 0.25) is 5.22 Å². The predicted molar refractivity (Wildman–Crippen MR) is 57.3 cm³/mol. The summed E-state index contributed by atoms with van der Waals surface area (Å²) in [6, 6.07) is 6.22. The molecule has 1 aliphatic rings. The van der Waals surface area contributed by atoms with E-state index < -0.39 is 0 Å². The Hall–Kier alpha value is -0.980. The van der Waals surface area contributed by atoms with Crippen LogP contribution >= 0.6 is 11.6 Å². The predicted octanol–water partition coefficient (Wildman–Crippen LogP) is 2.71. The van der Waals surface area contributed by atoms with Gasteiger partial charge in [0.25, 0.3) is 0 Å². The first-order valence-electron chi connectivity index (χ1n) is 5.17. The second kappa shape index (κ2) is 4.69. The Labute approximate surface area is 94.0 Å². The fourth-order valence-electron chi connectivity index (χ4n) is 2.04. The number of nitriles is 1. The van der Waals surface area contributed by atoms with Crippen molar-refractivity contribution in [2.45, 2.75) is 31.8 Å². The van der Waals surface area contributed by atoms with Crippen molar-refractivity contribution in [3.05, 3.63) is 23.1 Å². The lowest BCUT2D eigenvalue weighted by Gasteiger charge is -2.14. The molecule has 4 heteroatoms. The minimum absolute atomic E-state index is 0.149. The van der Waals surface area contributed by atoms with E-state index in [0.29, 0.717) is 17.8 Å². The van der Waals surface area contributed by atoms with Crippen LogP contribution in [0.1, 0.15) is 25.0 Å². The van der Waals surface area contributed by atoms with Gasteiger partial charge in [-0.2, -0.15) is 5.26 Å². The second-order valence-electron chi connectivity index (χ2n) is 3.86. The van der Waals surface area contributed by atoms with E-state index in [1.807, 2.05) is 6.07 Å². The Bertz CT molecular complexity index is 369. The number of halogens is 1. The molecule has 1 aromatic heterocycles. The van der Waals surface area contributed by atoms with Gasteiger partial charge in [-0.15, -0.1) is 0 Å². The number of nitrogens with zero attached hydrogens (tertiary/aromatic N) is 1. The highest BCUT2D eigenvalue weighted by molar-refractivity contribution is 6.28. The number of hydrogen-bond acceptors (Lipinski definition) is 3. The average Bonchev–Trinajstić information content (AvgIpc) is 2.83. The highest BCUT2D eigenvalue weighted by atomic mass is 35.5. The van der Waals surface area contributed by atoms with Gasteiger partial charge in [0.1, 0.15) is 5.76 Å². The molecule has 80 valence electrons. The fraction of sp³-hybridized carbons (Fsp3) is 0.545. The second-order valence-corrected chi connectivity index (χ2v) is 4.23. The Kier molecular flexibility index (Phi) is 3.30. The van der Waals surface area contributed by atoms with E-state index in [2.05, 4.69) is 11.4 Å². The van der Waals surface area contributed by atoms with Crippen LogP contribution in [0.3, 0.4) is 0 Å². The molecule has 2 rings (SSSR count). The molecule has 0 radical (unpaired) electrons. The molecule has 1 N–H and O–H groups in total. The maximum absolute atomic E-state index is 8.90. The molecule has 2 unspecified atom stereocenters. The third-order valence-corrected chi connectivity index (χ3v) is 3.05. The minimum Gasteiger partial charge on any atom is -0.448 e. The Morgan fingerprint density at radius 2 is 2.40 bits per heavy atom. The van der Waals surface area contributed by atoms with Crippen LogP contribution in [0.25, 0.3) is 0 Å². The van der Waals surface area contributed by atoms with Gasteiger partial charge in [-0.3, -0.25) is 0 Å². The molecule has 0 aliphatic heterocycles. The molecule has 0 amide bonds. The molecule has 0 spiro atoms. The summed E-state index contributed by atoms with van der Waals surface area (Å²) in [5, 5.41) is 12.7. The molecule has 0 saturated heterocycles. The van der Waals surface area contributed by atoms with Crippen molar-refractivity contribution in [2.24, 2.45) is 5.92 Å². The van der Waals surface area contributed by atoms with Gasteiger partial charge in [0.15, 0.2) is 5.22 Å². The van der Waals surface area contributed by atoms with Crippen LogP contribution in [-0.2, 0) is 6.54 Å². The van der Waals surface area contributed by atoms with Crippen LogP contribution in [0.5, 0.6) is 0 Å². The lowest BCUT2D eigenvalue weighted by atomic mass is 10.1.